The number of nitrogens with one attached hydrogen (secondary N) is 2. The van der Waals surface area contributed by atoms with Crippen LogP contribution in [-0.2, 0) is 9.47 Å². The van der Waals surface area contributed by atoms with Gasteiger partial charge in [-0.15, -0.1) is 0 Å². The number of urea groups is 1. The maximum atomic E-state index is 12.9. The smallest absolute Gasteiger partial charge is 0.325 e. The van der Waals surface area contributed by atoms with Crippen LogP contribution in [0.2, 0.25) is 5.02 Å². The lowest BCUT2D eigenvalue weighted by Crippen LogP contribution is -2.47. The molecule has 3 heterocycles. The summed E-state index contributed by atoms with van der Waals surface area (Å²) in [5.41, 5.74) is 1.20. The predicted octanol–water partition coefficient (Wildman–Crippen LogP) is 3.73. The summed E-state index contributed by atoms with van der Waals surface area (Å²) in [4.78, 5) is 31.7. The van der Waals surface area contributed by atoms with Crippen molar-refractivity contribution in [1.29, 1.82) is 0 Å². The van der Waals surface area contributed by atoms with Gasteiger partial charge < -0.3 is 19.7 Å². The van der Waals surface area contributed by atoms with Gasteiger partial charge in [0.1, 0.15) is 4.88 Å². The monoisotopic (exact) mass is 436 g/mol. The van der Waals surface area contributed by atoms with Crippen molar-refractivity contribution >= 4 is 45.7 Å². The van der Waals surface area contributed by atoms with Gasteiger partial charge in [-0.3, -0.25) is 10.1 Å². The molecule has 154 valence electrons. The summed E-state index contributed by atoms with van der Waals surface area (Å²) in [5, 5.41) is 6.33. The minimum absolute atomic E-state index is 0.0843. The van der Waals surface area contributed by atoms with Crippen molar-refractivity contribution in [2.24, 2.45) is 0 Å². The van der Waals surface area contributed by atoms with E-state index < -0.39 is 11.8 Å². The Kier molecular flexibility index (Phi) is 5.73. The number of benzene rings is 1. The van der Waals surface area contributed by atoms with Gasteiger partial charge in [-0.05, 0) is 31.2 Å². The van der Waals surface area contributed by atoms with Crippen LogP contribution in [0.4, 0.5) is 15.6 Å². The largest absolute Gasteiger partial charge is 0.347 e. The summed E-state index contributed by atoms with van der Waals surface area (Å²) >= 11 is 7.01. The lowest BCUT2D eigenvalue weighted by atomic mass is 10.0. The summed E-state index contributed by atoms with van der Waals surface area (Å²) in [6.45, 7) is 4.11. The Morgan fingerprint density at radius 3 is 2.45 bits per heavy atom. The van der Waals surface area contributed by atoms with Crippen molar-refractivity contribution in [3.05, 3.63) is 39.9 Å². The van der Waals surface area contributed by atoms with E-state index in [4.69, 9.17) is 21.1 Å². The van der Waals surface area contributed by atoms with Gasteiger partial charge in [-0.1, -0.05) is 22.9 Å². The van der Waals surface area contributed by atoms with Gasteiger partial charge >= 0.3 is 6.03 Å². The number of thiazole rings is 1. The Balaban J connectivity index is 1.36. The molecule has 2 N–H and O–H groups in total. The van der Waals surface area contributed by atoms with Crippen LogP contribution < -0.4 is 10.6 Å². The first-order chi connectivity index (χ1) is 13.9. The SMILES string of the molecule is Cc1nc(NC(=O)Nc2ccc(Cl)cc2)sc1C(=O)N1CCC2(CC1)OCCO2. The number of aromatic nitrogens is 1. The van der Waals surface area contributed by atoms with E-state index in [0.717, 1.165) is 0 Å². The summed E-state index contributed by atoms with van der Waals surface area (Å²) < 4.78 is 11.4. The summed E-state index contributed by atoms with van der Waals surface area (Å²) in [6.07, 6.45) is 1.32. The van der Waals surface area contributed by atoms with Crippen molar-refractivity contribution < 1.29 is 19.1 Å². The van der Waals surface area contributed by atoms with Crippen molar-refractivity contribution in [2.45, 2.75) is 25.6 Å². The first-order valence-corrected chi connectivity index (χ1v) is 10.5. The fourth-order valence-corrected chi connectivity index (χ4v) is 4.48. The van der Waals surface area contributed by atoms with Gasteiger partial charge in [0, 0.05) is 36.6 Å². The molecule has 0 aliphatic carbocycles. The van der Waals surface area contributed by atoms with E-state index >= 15 is 0 Å². The van der Waals surface area contributed by atoms with E-state index in [-0.39, 0.29) is 5.91 Å². The fourth-order valence-electron chi connectivity index (χ4n) is 3.42. The number of halogens is 1. The molecule has 2 fully saturated rings. The van der Waals surface area contributed by atoms with Gasteiger partial charge in [-0.25, -0.2) is 9.78 Å². The van der Waals surface area contributed by atoms with Crippen molar-refractivity contribution in [3.8, 4) is 0 Å². The molecular weight excluding hydrogens is 416 g/mol. The number of rotatable bonds is 3. The van der Waals surface area contributed by atoms with E-state index in [0.29, 0.717) is 65.6 Å². The highest BCUT2D eigenvalue weighted by atomic mass is 35.5. The molecule has 4 rings (SSSR count). The molecule has 2 saturated heterocycles. The third-order valence-corrected chi connectivity index (χ3v) is 6.25. The molecule has 3 amide bonds. The number of piperidine rings is 1. The zero-order valence-corrected chi connectivity index (χ0v) is 17.4. The van der Waals surface area contributed by atoms with Crippen LogP contribution in [0.5, 0.6) is 0 Å². The first kappa shape index (κ1) is 20.1. The van der Waals surface area contributed by atoms with Gasteiger partial charge in [0.05, 0.1) is 18.9 Å². The molecule has 10 heteroatoms. The number of likely N-dealkylation sites (tertiary alicyclic amines) is 1. The summed E-state index contributed by atoms with van der Waals surface area (Å²) in [7, 11) is 0. The average Bonchev–Trinajstić information content (AvgIpc) is 3.30. The van der Waals surface area contributed by atoms with Crippen LogP contribution in [0.15, 0.2) is 24.3 Å². The molecule has 0 radical (unpaired) electrons. The normalized spacial score (nSPS) is 18.1. The zero-order chi connectivity index (χ0) is 20.4. The Hall–Kier alpha value is -2.20. The van der Waals surface area contributed by atoms with Crippen LogP contribution in [0.3, 0.4) is 0 Å². The predicted molar refractivity (Wildman–Crippen MR) is 111 cm³/mol. The van der Waals surface area contributed by atoms with Crippen molar-refractivity contribution in [3.63, 3.8) is 0 Å². The number of carbonyl (C=O) groups excluding carboxylic acids is 2. The number of amides is 3. The van der Waals surface area contributed by atoms with Gasteiger partial charge in [0.25, 0.3) is 5.91 Å². The van der Waals surface area contributed by atoms with E-state index in [9.17, 15) is 9.59 Å². The zero-order valence-electron chi connectivity index (χ0n) is 15.9. The molecule has 0 saturated carbocycles. The van der Waals surface area contributed by atoms with Gasteiger partial charge in [0.2, 0.25) is 0 Å². The highest BCUT2D eigenvalue weighted by molar-refractivity contribution is 7.17. The number of aryl methyl sites for hydroxylation is 1. The molecule has 2 aliphatic rings. The molecule has 0 bridgehead atoms. The average molecular weight is 437 g/mol. The van der Waals surface area contributed by atoms with Gasteiger partial charge in [0.15, 0.2) is 10.9 Å². The minimum atomic E-state index is -0.522. The highest BCUT2D eigenvalue weighted by Crippen LogP contribution is 2.33. The highest BCUT2D eigenvalue weighted by Gasteiger charge is 2.41. The van der Waals surface area contributed by atoms with Crippen LogP contribution in [0.1, 0.15) is 28.2 Å². The van der Waals surface area contributed by atoms with E-state index in [2.05, 4.69) is 15.6 Å². The lowest BCUT2D eigenvalue weighted by molar-refractivity contribution is -0.181. The third-order valence-electron chi connectivity index (χ3n) is 4.94. The Morgan fingerprint density at radius 2 is 1.79 bits per heavy atom. The van der Waals surface area contributed by atoms with Gasteiger partial charge in [-0.2, -0.15) is 0 Å². The molecular formula is C19H21ClN4O4S. The molecule has 2 aliphatic heterocycles. The maximum Gasteiger partial charge on any atom is 0.325 e. The Morgan fingerprint density at radius 1 is 1.14 bits per heavy atom. The molecule has 0 atom stereocenters. The second-order valence-corrected chi connectivity index (χ2v) is 8.35. The Labute approximate surface area is 177 Å². The molecule has 0 unspecified atom stereocenters. The molecule has 29 heavy (non-hydrogen) atoms. The topological polar surface area (TPSA) is 92.8 Å². The number of hydrogen-bond donors (Lipinski definition) is 2. The second-order valence-electron chi connectivity index (χ2n) is 6.92. The summed E-state index contributed by atoms with van der Waals surface area (Å²) in [6, 6.07) is 6.34. The second kappa shape index (κ2) is 8.27. The molecule has 1 aromatic carbocycles. The number of hydrogen-bond acceptors (Lipinski definition) is 6. The molecule has 1 spiro atoms. The number of anilines is 2. The van der Waals surface area contributed by atoms with Crippen LogP contribution in [-0.4, -0.2) is 53.9 Å². The quantitative estimate of drug-likeness (QED) is 0.764. The number of nitrogens with zero attached hydrogens (tertiary/aromatic N) is 2. The van der Waals surface area contributed by atoms with E-state index in [1.54, 1.807) is 36.1 Å². The maximum absolute atomic E-state index is 12.9. The minimum Gasteiger partial charge on any atom is -0.347 e. The van der Waals surface area contributed by atoms with Crippen LogP contribution >= 0.6 is 22.9 Å². The Bertz CT molecular complexity index is 901. The third kappa shape index (κ3) is 4.53. The van der Waals surface area contributed by atoms with Crippen LogP contribution in [0.25, 0.3) is 0 Å². The first-order valence-electron chi connectivity index (χ1n) is 9.32. The molecule has 2 aromatic rings. The summed E-state index contributed by atoms with van der Waals surface area (Å²) in [5.74, 6) is -0.606. The van der Waals surface area contributed by atoms with E-state index in [1.807, 2.05) is 0 Å². The fraction of sp³-hybridized carbons (Fsp3) is 0.421. The lowest BCUT2D eigenvalue weighted by Gasteiger charge is -2.37. The number of ether oxygens (including phenoxy) is 2. The van der Waals surface area contributed by atoms with E-state index in [1.165, 1.54) is 11.3 Å². The van der Waals surface area contributed by atoms with Crippen molar-refractivity contribution in [1.82, 2.24) is 9.88 Å². The van der Waals surface area contributed by atoms with Crippen LogP contribution in [0, 0.1) is 6.92 Å². The van der Waals surface area contributed by atoms with Crippen molar-refractivity contribution in [2.75, 3.05) is 36.9 Å². The molecule has 8 nitrogen and oxygen atoms in total. The molecule has 1 aromatic heterocycles. The standard InChI is InChI=1S/C19H21ClN4O4S/c1-12-15(16(25)24-8-6-19(7-9-24)27-10-11-28-19)29-18(21-12)23-17(26)22-14-4-2-13(20)3-5-14/h2-5H,6-11H2,1H3,(H2,21,22,23,26). The number of carbonyl (C=O) groups is 2.